The molecule has 0 aliphatic rings. The first-order chi connectivity index (χ1) is 17.3. The highest BCUT2D eigenvalue weighted by Crippen LogP contribution is 2.39. The van der Waals surface area contributed by atoms with E-state index in [4.69, 9.17) is 0 Å². The van der Waals surface area contributed by atoms with Gasteiger partial charge in [-0.3, -0.25) is 0 Å². The number of aryl methyl sites for hydroxylation is 1. The van der Waals surface area contributed by atoms with Gasteiger partial charge in [-0.15, -0.1) is 0 Å². The fraction of sp³-hybridized carbons (Fsp3) is 0.176. The first-order valence-electron chi connectivity index (χ1n) is 12.9. The van der Waals surface area contributed by atoms with Crippen LogP contribution in [0.3, 0.4) is 0 Å². The van der Waals surface area contributed by atoms with Crippen LogP contribution >= 0.6 is 8.58 Å². The van der Waals surface area contributed by atoms with Gasteiger partial charge in [-0.1, -0.05) is 150 Å². The Morgan fingerprint density at radius 3 is 2.03 bits per heavy atom. The van der Waals surface area contributed by atoms with Gasteiger partial charge in [0.05, 0.1) is 0 Å². The summed E-state index contributed by atoms with van der Waals surface area (Å²) in [7, 11) is 0.685. The average molecular weight is 473 g/mol. The van der Waals surface area contributed by atoms with Crippen LogP contribution < -0.4 is 10.6 Å². The van der Waals surface area contributed by atoms with Gasteiger partial charge in [0, 0.05) is 0 Å². The third-order valence-electron chi connectivity index (χ3n) is 6.77. The Balaban J connectivity index is 1.54. The molecule has 0 saturated carbocycles. The highest BCUT2D eigenvalue weighted by atomic mass is 31.1. The molecular formula is C34H33P. The quantitative estimate of drug-likeness (QED) is 0.148. The van der Waals surface area contributed by atoms with Gasteiger partial charge in [0.25, 0.3) is 0 Å². The van der Waals surface area contributed by atoms with E-state index in [0.717, 1.165) is 6.42 Å². The molecule has 0 heterocycles. The molecule has 5 aromatic rings. The Hall–Kier alpha value is -3.21. The highest BCUT2D eigenvalue weighted by Gasteiger charge is 2.14. The van der Waals surface area contributed by atoms with Crippen LogP contribution in [-0.4, -0.2) is 0 Å². The summed E-state index contributed by atoms with van der Waals surface area (Å²) >= 11 is 0. The van der Waals surface area contributed by atoms with Crippen LogP contribution in [0.15, 0.2) is 115 Å². The molecule has 5 aromatic carbocycles. The standard InChI is InChI=1S/C34H33P/c1-2-3-4-6-14-28-21-20-26-13-9-10-18-32(26)34(28)33-19-12-11-17-31(33)27-22-24-30(25-23-27)35-29-15-7-5-8-16-29/h5,7-13,15-25,35H,2-4,6,14H2,1H3. The first-order valence-corrected chi connectivity index (χ1v) is 13.9. The fourth-order valence-corrected chi connectivity index (χ4v) is 5.99. The molecule has 0 nitrogen and oxygen atoms in total. The number of rotatable bonds is 9. The van der Waals surface area contributed by atoms with Crippen molar-refractivity contribution in [1.29, 1.82) is 0 Å². The van der Waals surface area contributed by atoms with Crippen LogP contribution in [0.1, 0.15) is 38.2 Å². The molecule has 0 radical (unpaired) electrons. The van der Waals surface area contributed by atoms with E-state index in [1.165, 1.54) is 74.9 Å². The van der Waals surface area contributed by atoms with Crippen molar-refractivity contribution in [2.24, 2.45) is 0 Å². The lowest BCUT2D eigenvalue weighted by Gasteiger charge is -2.17. The first kappa shape index (κ1) is 23.5. The summed E-state index contributed by atoms with van der Waals surface area (Å²) < 4.78 is 0. The van der Waals surface area contributed by atoms with E-state index in [1.54, 1.807) is 0 Å². The summed E-state index contributed by atoms with van der Waals surface area (Å²) in [6, 6.07) is 42.4. The molecular weight excluding hydrogens is 439 g/mol. The van der Waals surface area contributed by atoms with Crippen molar-refractivity contribution in [3.8, 4) is 22.3 Å². The zero-order valence-corrected chi connectivity index (χ0v) is 21.5. The molecule has 5 rings (SSSR count). The Morgan fingerprint density at radius 2 is 1.23 bits per heavy atom. The molecule has 0 aliphatic carbocycles. The van der Waals surface area contributed by atoms with Gasteiger partial charge >= 0.3 is 0 Å². The van der Waals surface area contributed by atoms with Crippen molar-refractivity contribution in [2.45, 2.75) is 39.0 Å². The summed E-state index contributed by atoms with van der Waals surface area (Å²) in [4.78, 5) is 0. The van der Waals surface area contributed by atoms with Gasteiger partial charge in [0.2, 0.25) is 0 Å². The molecule has 0 amide bonds. The number of benzene rings is 5. The predicted molar refractivity (Wildman–Crippen MR) is 157 cm³/mol. The van der Waals surface area contributed by atoms with Crippen molar-refractivity contribution >= 4 is 30.0 Å². The smallest absolute Gasteiger partial charge is 0.00671 e. The fourth-order valence-electron chi connectivity index (χ4n) is 4.96. The Morgan fingerprint density at radius 1 is 0.543 bits per heavy atom. The minimum Gasteiger partial charge on any atom is -0.0654 e. The van der Waals surface area contributed by atoms with E-state index in [2.05, 4.69) is 122 Å². The molecule has 0 saturated heterocycles. The summed E-state index contributed by atoms with van der Waals surface area (Å²) in [5.41, 5.74) is 6.81. The maximum Gasteiger partial charge on any atom is -0.00671 e. The Kier molecular flexibility index (Phi) is 7.72. The van der Waals surface area contributed by atoms with Crippen LogP contribution in [0, 0.1) is 0 Å². The second kappa shape index (κ2) is 11.5. The largest absolute Gasteiger partial charge is 0.0654 e. The van der Waals surface area contributed by atoms with Gasteiger partial charge in [-0.05, 0) is 62.0 Å². The molecule has 0 spiro atoms. The van der Waals surface area contributed by atoms with E-state index in [0.29, 0.717) is 8.58 Å². The third-order valence-corrected chi connectivity index (χ3v) is 8.01. The van der Waals surface area contributed by atoms with E-state index in [-0.39, 0.29) is 0 Å². The molecule has 0 N–H and O–H groups in total. The van der Waals surface area contributed by atoms with E-state index < -0.39 is 0 Å². The SMILES string of the molecule is CCCCCCc1ccc2ccccc2c1-c1ccccc1-c1ccc(Pc2ccccc2)cc1. The third kappa shape index (κ3) is 5.55. The molecule has 174 valence electrons. The molecule has 0 bridgehead atoms. The second-order valence-electron chi connectivity index (χ2n) is 9.25. The minimum absolute atomic E-state index is 0.685. The summed E-state index contributed by atoms with van der Waals surface area (Å²) in [6.07, 6.45) is 6.26. The monoisotopic (exact) mass is 472 g/mol. The average Bonchev–Trinajstić information content (AvgIpc) is 2.92. The van der Waals surface area contributed by atoms with Crippen molar-refractivity contribution < 1.29 is 0 Å². The van der Waals surface area contributed by atoms with Crippen LogP contribution in [-0.2, 0) is 6.42 Å². The lowest BCUT2D eigenvalue weighted by molar-refractivity contribution is 0.667. The van der Waals surface area contributed by atoms with Gasteiger partial charge in [-0.25, -0.2) is 0 Å². The summed E-state index contributed by atoms with van der Waals surface area (Å²) in [5.74, 6) is 0. The van der Waals surface area contributed by atoms with Crippen molar-refractivity contribution in [2.75, 3.05) is 0 Å². The lowest BCUT2D eigenvalue weighted by Crippen LogP contribution is -2.02. The summed E-state index contributed by atoms with van der Waals surface area (Å²) in [5, 5.41) is 5.42. The van der Waals surface area contributed by atoms with E-state index in [1.807, 2.05) is 0 Å². The van der Waals surface area contributed by atoms with Crippen molar-refractivity contribution in [3.05, 3.63) is 121 Å². The normalized spacial score (nSPS) is 11.5. The van der Waals surface area contributed by atoms with Gasteiger partial charge in [0.15, 0.2) is 0 Å². The highest BCUT2D eigenvalue weighted by molar-refractivity contribution is 7.55. The van der Waals surface area contributed by atoms with Gasteiger partial charge in [0.1, 0.15) is 0 Å². The molecule has 0 aromatic heterocycles. The zero-order valence-electron chi connectivity index (χ0n) is 20.5. The zero-order chi connectivity index (χ0) is 23.9. The molecule has 1 unspecified atom stereocenters. The van der Waals surface area contributed by atoms with Crippen molar-refractivity contribution in [1.82, 2.24) is 0 Å². The lowest BCUT2D eigenvalue weighted by atomic mass is 9.87. The second-order valence-corrected chi connectivity index (χ2v) is 10.7. The van der Waals surface area contributed by atoms with Crippen molar-refractivity contribution in [3.63, 3.8) is 0 Å². The van der Waals surface area contributed by atoms with E-state index in [9.17, 15) is 0 Å². The maximum atomic E-state index is 2.37. The maximum absolute atomic E-state index is 2.37. The van der Waals surface area contributed by atoms with Gasteiger partial charge in [-0.2, -0.15) is 0 Å². The number of fused-ring (bicyclic) bond motifs is 1. The minimum atomic E-state index is 0.685. The number of unbranched alkanes of at least 4 members (excludes halogenated alkanes) is 3. The molecule has 35 heavy (non-hydrogen) atoms. The number of hydrogen-bond donors (Lipinski definition) is 0. The number of hydrogen-bond acceptors (Lipinski definition) is 0. The Bertz CT molecular complexity index is 1380. The van der Waals surface area contributed by atoms with E-state index >= 15 is 0 Å². The molecule has 0 fully saturated rings. The Labute approximate surface area is 211 Å². The van der Waals surface area contributed by atoms with Gasteiger partial charge < -0.3 is 0 Å². The van der Waals surface area contributed by atoms with Crippen LogP contribution in [0.25, 0.3) is 33.0 Å². The topological polar surface area (TPSA) is 0 Å². The molecule has 0 aliphatic heterocycles. The van der Waals surface area contributed by atoms with Crippen LogP contribution in [0.2, 0.25) is 0 Å². The summed E-state index contributed by atoms with van der Waals surface area (Å²) in [6.45, 7) is 2.28. The predicted octanol–water partition coefficient (Wildman–Crippen LogP) is 8.93. The van der Waals surface area contributed by atoms with Crippen LogP contribution in [0.5, 0.6) is 0 Å². The molecule has 1 atom stereocenters. The molecule has 1 heteroatoms. The van der Waals surface area contributed by atoms with Crippen LogP contribution in [0.4, 0.5) is 0 Å².